The number of nitrogens with one attached hydrogen (secondary N) is 1. The minimum Gasteiger partial charge on any atom is -0.388 e. The predicted molar refractivity (Wildman–Crippen MR) is 71.3 cm³/mol. The summed E-state index contributed by atoms with van der Waals surface area (Å²) in [7, 11) is 1.76. The van der Waals surface area contributed by atoms with Gasteiger partial charge in [-0.3, -0.25) is 0 Å². The molecule has 1 atom stereocenters. The molecule has 1 aromatic heterocycles. The summed E-state index contributed by atoms with van der Waals surface area (Å²) in [6.07, 6.45) is 0.711. The van der Waals surface area contributed by atoms with Gasteiger partial charge in [-0.15, -0.1) is 0 Å². The third-order valence-corrected chi connectivity index (χ3v) is 3.47. The molecular formula is C11H15Cl2N3O. The quantitative estimate of drug-likeness (QED) is 0.870. The second-order valence-electron chi connectivity index (χ2n) is 4.54. The molecule has 6 heteroatoms. The van der Waals surface area contributed by atoms with Gasteiger partial charge in [-0.25, -0.2) is 4.98 Å². The molecule has 94 valence electrons. The van der Waals surface area contributed by atoms with Crippen LogP contribution in [0.1, 0.15) is 13.3 Å². The summed E-state index contributed by atoms with van der Waals surface area (Å²) < 4.78 is 0. The topological polar surface area (TPSA) is 48.4 Å². The smallest absolute Gasteiger partial charge is 0.150 e. The van der Waals surface area contributed by atoms with E-state index in [1.54, 1.807) is 13.1 Å². The van der Waals surface area contributed by atoms with Crippen molar-refractivity contribution in [3.63, 3.8) is 0 Å². The highest BCUT2D eigenvalue weighted by Gasteiger charge is 2.33. The van der Waals surface area contributed by atoms with Gasteiger partial charge in [0.05, 0.1) is 15.6 Å². The van der Waals surface area contributed by atoms with Crippen molar-refractivity contribution in [1.82, 2.24) is 4.98 Å². The van der Waals surface area contributed by atoms with E-state index in [0.29, 0.717) is 34.6 Å². The Kier molecular flexibility index (Phi) is 3.39. The Bertz CT molecular complexity index is 437. The highest BCUT2D eigenvalue weighted by molar-refractivity contribution is 6.37. The fraction of sp³-hybridized carbons (Fsp3) is 0.545. The molecule has 2 heterocycles. The number of pyridine rings is 1. The van der Waals surface area contributed by atoms with Crippen LogP contribution in [0.3, 0.4) is 0 Å². The Labute approximate surface area is 111 Å². The Hall–Kier alpha value is -0.710. The molecular weight excluding hydrogens is 261 g/mol. The molecule has 1 aliphatic heterocycles. The molecule has 1 unspecified atom stereocenters. The van der Waals surface area contributed by atoms with E-state index in [1.165, 1.54) is 0 Å². The van der Waals surface area contributed by atoms with Gasteiger partial charge in [0, 0.05) is 20.1 Å². The molecule has 4 nitrogen and oxygen atoms in total. The van der Waals surface area contributed by atoms with Crippen molar-refractivity contribution in [3.8, 4) is 0 Å². The van der Waals surface area contributed by atoms with Crippen LogP contribution >= 0.6 is 23.2 Å². The molecule has 0 spiro atoms. The van der Waals surface area contributed by atoms with E-state index in [4.69, 9.17) is 23.2 Å². The number of anilines is 2. The summed E-state index contributed by atoms with van der Waals surface area (Å²) in [6.45, 7) is 3.09. The van der Waals surface area contributed by atoms with E-state index in [-0.39, 0.29) is 0 Å². The Morgan fingerprint density at radius 2 is 2.18 bits per heavy atom. The van der Waals surface area contributed by atoms with Crippen molar-refractivity contribution in [2.75, 3.05) is 30.4 Å². The lowest BCUT2D eigenvalue weighted by Crippen LogP contribution is -2.30. The number of β-amino-alcohol motifs (C(OH)–C–C–N with tert-alkyl or cyclic N) is 1. The first kappa shape index (κ1) is 12.7. The molecule has 1 aliphatic rings. The third-order valence-electron chi connectivity index (χ3n) is 2.90. The summed E-state index contributed by atoms with van der Waals surface area (Å²) in [4.78, 5) is 6.35. The Morgan fingerprint density at radius 1 is 1.47 bits per heavy atom. The fourth-order valence-corrected chi connectivity index (χ4v) is 2.55. The van der Waals surface area contributed by atoms with Crippen molar-refractivity contribution in [2.24, 2.45) is 0 Å². The van der Waals surface area contributed by atoms with Crippen molar-refractivity contribution in [1.29, 1.82) is 0 Å². The first-order chi connectivity index (χ1) is 7.93. The number of aromatic nitrogens is 1. The maximum absolute atomic E-state index is 9.94. The molecule has 17 heavy (non-hydrogen) atoms. The van der Waals surface area contributed by atoms with Crippen LogP contribution in [-0.4, -0.2) is 35.8 Å². The minimum atomic E-state index is -0.676. The lowest BCUT2D eigenvalue weighted by atomic mass is 10.1. The maximum Gasteiger partial charge on any atom is 0.150 e. The van der Waals surface area contributed by atoms with Crippen molar-refractivity contribution in [2.45, 2.75) is 18.9 Å². The monoisotopic (exact) mass is 275 g/mol. The highest BCUT2D eigenvalue weighted by Crippen LogP contribution is 2.34. The van der Waals surface area contributed by atoms with E-state index in [0.717, 1.165) is 6.54 Å². The molecule has 1 aromatic rings. The van der Waals surface area contributed by atoms with Crippen LogP contribution in [0.5, 0.6) is 0 Å². The van der Waals surface area contributed by atoms with Gasteiger partial charge in [-0.2, -0.15) is 0 Å². The number of halogens is 2. The van der Waals surface area contributed by atoms with Crippen LogP contribution in [0, 0.1) is 0 Å². The molecule has 1 saturated heterocycles. The second-order valence-corrected chi connectivity index (χ2v) is 5.36. The van der Waals surface area contributed by atoms with E-state index >= 15 is 0 Å². The van der Waals surface area contributed by atoms with E-state index in [9.17, 15) is 5.11 Å². The van der Waals surface area contributed by atoms with Crippen LogP contribution in [-0.2, 0) is 0 Å². The van der Waals surface area contributed by atoms with Crippen LogP contribution in [0.25, 0.3) is 0 Å². The molecule has 0 amide bonds. The minimum absolute atomic E-state index is 0.493. The van der Waals surface area contributed by atoms with Gasteiger partial charge >= 0.3 is 0 Å². The largest absolute Gasteiger partial charge is 0.388 e. The molecule has 0 radical (unpaired) electrons. The molecule has 0 aromatic carbocycles. The van der Waals surface area contributed by atoms with Gasteiger partial charge in [0.2, 0.25) is 0 Å². The van der Waals surface area contributed by atoms with Crippen LogP contribution in [0.15, 0.2) is 6.07 Å². The third kappa shape index (κ3) is 2.59. The van der Waals surface area contributed by atoms with Gasteiger partial charge in [0.25, 0.3) is 0 Å². The number of rotatable bonds is 2. The summed E-state index contributed by atoms with van der Waals surface area (Å²) >= 11 is 12.1. The molecule has 2 rings (SSSR count). The van der Waals surface area contributed by atoms with E-state index < -0.39 is 5.60 Å². The Morgan fingerprint density at radius 3 is 2.71 bits per heavy atom. The van der Waals surface area contributed by atoms with E-state index in [2.05, 4.69) is 10.3 Å². The predicted octanol–water partition coefficient (Wildman–Crippen LogP) is 2.39. The number of hydrogen-bond acceptors (Lipinski definition) is 4. The summed E-state index contributed by atoms with van der Waals surface area (Å²) in [5.74, 6) is 1.26. The molecule has 0 bridgehead atoms. The molecule has 0 aliphatic carbocycles. The Balaban J connectivity index is 2.33. The molecule has 1 fully saturated rings. The first-order valence-corrected chi connectivity index (χ1v) is 6.20. The zero-order valence-corrected chi connectivity index (χ0v) is 11.3. The normalized spacial score (nSPS) is 24.2. The van der Waals surface area contributed by atoms with Crippen molar-refractivity contribution < 1.29 is 5.11 Å². The first-order valence-electron chi connectivity index (χ1n) is 5.44. The van der Waals surface area contributed by atoms with Gasteiger partial charge in [0.1, 0.15) is 11.6 Å². The van der Waals surface area contributed by atoms with Crippen molar-refractivity contribution in [3.05, 3.63) is 16.1 Å². The fourth-order valence-electron chi connectivity index (χ4n) is 1.98. The van der Waals surface area contributed by atoms with Crippen molar-refractivity contribution >= 4 is 34.8 Å². The van der Waals surface area contributed by atoms with Gasteiger partial charge in [-0.05, 0) is 19.4 Å². The molecule has 2 N–H and O–H groups in total. The second kappa shape index (κ2) is 4.52. The number of hydrogen-bond donors (Lipinski definition) is 2. The van der Waals surface area contributed by atoms with Gasteiger partial charge < -0.3 is 15.3 Å². The number of aliphatic hydroxyl groups is 1. The SMILES string of the molecule is CNc1nc(N2CCC(C)(O)C2)c(Cl)cc1Cl. The maximum atomic E-state index is 9.94. The lowest BCUT2D eigenvalue weighted by molar-refractivity contribution is 0.0839. The van der Waals surface area contributed by atoms with Crippen LogP contribution in [0.2, 0.25) is 10.0 Å². The lowest BCUT2D eigenvalue weighted by Gasteiger charge is -2.21. The average Bonchev–Trinajstić information content (AvgIpc) is 2.59. The summed E-state index contributed by atoms with van der Waals surface area (Å²) in [6, 6.07) is 1.67. The zero-order valence-electron chi connectivity index (χ0n) is 9.80. The van der Waals surface area contributed by atoms with E-state index in [1.807, 2.05) is 11.8 Å². The van der Waals surface area contributed by atoms with Gasteiger partial charge in [0.15, 0.2) is 0 Å². The van der Waals surface area contributed by atoms with Crippen LogP contribution < -0.4 is 10.2 Å². The summed E-state index contributed by atoms with van der Waals surface area (Å²) in [5.41, 5.74) is -0.676. The average molecular weight is 276 g/mol. The molecule has 0 saturated carbocycles. The number of nitrogens with zero attached hydrogens (tertiary/aromatic N) is 2. The zero-order chi connectivity index (χ0) is 12.6. The standard InChI is InChI=1S/C11H15Cl2N3O/c1-11(17)3-4-16(6-11)10-8(13)5-7(12)9(14-2)15-10/h5,17H,3-4,6H2,1-2H3,(H,14,15). The van der Waals surface area contributed by atoms with Gasteiger partial charge in [-0.1, -0.05) is 23.2 Å². The summed E-state index contributed by atoms with van der Waals surface area (Å²) in [5, 5.41) is 13.9. The van der Waals surface area contributed by atoms with Crippen LogP contribution in [0.4, 0.5) is 11.6 Å². The highest BCUT2D eigenvalue weighted by atomic mass is 35.5.